The van der Waals surface area contributed by atoms with Crippen molar-refractivity contribution >= 4 is 17.6 Å². The van der Waals surface area contributed by atoms with Crippen LogP contribution in [0.4, 0.5) is 17.6 Å². The molecule has 23 heavy (non-hydrogen) atoms. The quantitative estimate of drug-likeness (QED) is 0.895. The summed E-state index contributed by atoms with van der Waals surface area (Å²) in [4.78, 5) is 16.1. The van der Waals surface area contributed by atoms with Gasteiger partial charge in [0.1, 0.15) is 11.6 Å². The zero-order valence-corrected chi connectivity index (χ0v) is 14.7. The van der Waals surface area contributed by atoms with Gasteiger partial charge in [-0.1, -0.05) is 6.42 Å². The fourth-order valence-corrected chi connectivity index (χ4v) is 3.83. The van der Waals surface area contributed by atoms with E-state index in [1.165, 1.54) is 25.8 Å². The molecule has 2 saturated heterocycles. The molecule has 128 valence electrons. The van der Waals surface area contributed by atoms with E-state index >= 15 is 0 Å². The molecule has 0 saturated carbocycles. The van der Waals surface area contributed by atoms with Crippen molar-refractivity contribution in [3.05, 3.63) is 6.07 Å². The molecule has 2 aliphatic heterocycles. The van der Waals surface area contributed by atoms with Crippen molar-refractivity contribution in [2.75, 3.05) is 48.3 Å². The molecule has 2 aliphatic rings. The van der Waals surface area contributed by atoms with Crippen LogP contribution < -0.4 is 15.5 Å². The summed E-state index contributed by atoms with van der Waals surface area (Å²) in [5.74, 6) is 2.28. The number of aromatic nitrogens is 2. The standard InChI is InChI=1S/C17H30N6/c1-4-21(5-2)15-10-16(20-17(18)19-15)22-11-14(12-22)23-9-7-6-8-13(23)3/h10,13-14H,4-9,11-12H2,1-3H3,(H2,18,19,20). The second-order valence-corrected chi connectivity index (χ2v) is 6.76. The summed E-state index contributed by atoms with van der Waals surface area (Å²) < 4.78 is 0. The summed E-state index contributed by atoms with van der Waals surface area (Å²) in [6.07, 6.45) is 4.06. The molecule has 6 heteroatoms. The average Bonchev–Trinajstić information content (AvgIpc) is 2.48. The Kier molecular flexibility index (Phi) is 4.90. The second kappa shape index (κ2) is 6.91. The zero-order valence-electron chi connectivity index (χ0n) is 14.7. The monoisotopic (exact) mass is 318 g/mol. The number of nitrogens with two attached hydrogens (primary N) is 1. The van der Waals surface area contributed by atoms with Gasteiger partial charge in [-0.25, -0.2) is 0 Å². The van der Waals surface area contributed by atoms with Gasteiger partial charge in [0.25, 0.3) is 0 Å². The Morgan fingerprint density at radius 3 is 2.61 bits per heavy atom. The number of hydrogen-bond donors (Lipinski definition) is 1. The predicted octanol–water partition coefficient (Wildman–Crippen LogP) is 1.97. The molecule has 0 amide bonds. The van der Waals surface area contributed by atoms with Gasteiger partial charge in [0.15, 0.2) is 0 Å². The van der Waals surface area contributed by atoms with Crippen LogP contribution >= 0.6 is 0 Å². The van der Waals surface area contributed by atoms with Crippen molar-refractivity contribution in [1.29, 1.82) is 0 Å². The van der Waals surface area contributed by atoms with Crippen LogP contribution in [0.3, 0.4) is 0 Å². The largest absolute Gasteiger partial charge is 0.368 e. The maximum absolute atomic E-state index is 5.94. The fourth-order valence-electron chi connectivity index (χ4n) is 3.83. The van der Waals surface area contributed by atoms with E-state index in [9.17, 15) is 0 Å². The highest BCUT2D eigenvalue weighted by Crippen LogP contribution is 2.29. The first-order valence-corrected chi connectivity index (χ1v) is 9.02. The Morgan fingerprint density at radius 1 is 1.22 bits per heavy atom. The number of anilines is 3. The van der Waals surface area contributed by atoms with E-state index in [1.54, 1.807) is 0 Å². The molecular formula is C17H30N6. The van der Waals surface area contributed by atoms with E-state index in [1.807, 2.05) is 0 Å². The highest BCUT2D eigenvalue weighted by atomic mass is 15.4. The minimum absolute atomic E-state index is 0.374. The lowest BCUT2D eigenvalue weighted by atomic mass is 9.97. The van der Waals surface area contributed by atoms with Gasteiger partial charge in [-0.3, -0.25) is 4.90 Å². The smallest absolute Gasteiger partial charge is 0.223 e. The number of piperidine rings is 1. The molecule has 1 atom stereocenters. The average molecular weight is 318 g/mol. The Bertz CT molecular complexity index is 524. The van der Waals surface area contributed by atoms with Crippen LogP contribution in [0.2, 0.25) is 0 Å². The van der Waals surface area contributed by atoms with Crippen LogP contribution in [-0.4, -0.2) is 59.7 Å². The molecule has 0 aliphatic carbocycles. The minimum atomic E-state index is 0.374. The summed E-state index contributed by atoms with van der Waals surface area (Å²) in [7, 11) is 0. The molecule has 6 nitrogen and oxygen atoms in total. The van der Waals surface area contributed by atoms with Crippen LogP contribution in [0, 0.1) is 0 Å². The van der Waals surface area contributed by atoms with Crippen LogP contribution in [0.15, 0.2) is 6.07 Å². The predicted molar refractivity (Wildman–Crippen MR) is 96.0 cm³/mol. The number of nitrogens with zero attached hydrogens (tertiary/aromatic N) is 5. The summed E-state index contributed by atoms with van der Waals surface area (Å²) in [6, 6.07) is 3.47. The molecule has 1 aromatic heterocycles. The molecule has 1 unspecified atom stereocenters. The zero-order chi connectivity index (χ0) is 16.4. The van der Waals surface area contributed by atoms with Crippen molar-refractivity contribution in [2.45, 2.75) is 52.1 Å². The first kappa shape index (κ1) is 16.3. The minimum Gasteiger partial charge on any atom is -0.368 e. The molecule has 0 radical (unpaired) electrons. The van der Waals surface area contributed by atoms with Crippen LogP contribution in [0.5, 0.6) is 0 Å². The molecule has 2 fully saturated rings. The SMILES string of the molecule is CCN(CC)c1cc(N2CC(N3CCCCC3C)C2)nc(N)n1. The van der Waals surface area contributed by atoms with Gasteiger partial charge in [0.2, 0.25) is 5.95 Å². The number of hydrogen-bond acceptors (Lipinski definition) is 6. The van der Waals surface area contributed by atoms with Crippen molar-refractivity contribution in [2.24, 2.45) is 0 Å². The topological polar surface area (TPSA) is 61.5 Å². The third-order valence-electron chi connectivity index (χ3n) is 5.31. The van der Waals surface area contributed by atoms with E-state index < -0.39 is 0 Å². The van der Waals surface area contributed by atoms with Crippen molar-refractivity contribution in [1.82, 2.24) is 14.9 Å². The molecule has 3 heterocycles. The first-order valence-electron chi connectivity index (χ1n) is 9.02. The summed E-state index contributed by atoms with van der Waals surface area (Å²) >= 11 is 0. The molecule has 2 N–H and O–H groups in total. The molecule has 0 bridgehead atoms. The van der Waals surface area contributed by atoms with Gasteiger partial charge in [-0.2, -0.15) is 9.97 Å². The van der Waals surface area contributed by atoms with Gasteiger partial charge >= 0.3 is 0 Å². The van der Waals surface area contributed by atoms with Gasteiger partial charge < -0.3 is 15.5 Å². The van der Waals surface area contributed by atoms with Gasteiger partial charge in [-0.05, 0) is 40.2 Å². The highest BCUT2D eigenvalue weighted by Gasteiger charge is 2.36. The maximum Gasteiger partial charge on any atom is 0.223 e. The van der Waals surface area contributed by atoms with E-state index in [-0.39, 0.29) is 0 Å². The fraction of sp³-hybridized carbons (Fsp3) is 0.765. The molecule has 0 spiro atoms. The van der Waals surface area contributed by atoms with Crippen LogP contribution in [0.25, 0.3) is 0 Å². The highest BCUT2D eigenvalue weighted by molar-refractivity contribution is 5.55. The van der Waals surface area contributed by atoms with Gasteiger partial charge in [0.05, 0.1) is 0 Å². The summed E-state index contributed by atoms with van der Waals surface area (Å²) in [6.45, 7) is 11.9. The van der Waals surface area contributed by atoms with Gasteiger partial charge in [0, 0.05) is 44.3 Å². The third kappa shape index (κ3) is 3.37. The van der Waals surface area contributed by atoms with E-state index in [2.05, 4.69) is 51.5 Å². The van der Waals surface area contributed by atoms with Crippen molar-refractivity contribution in [3.8, 4) is 0 Å². The lowest BCUT2D eigenvalue weighted by Crippen LogP contribution is -2.62. The molecule has 1 aromatic rings. The maximum atomic E-state index is 5.94. The summed E-state index contributed by atoms with van der Waals surface area (Å²) in [5, 5.41) is 0. The molecule has 3 rings (SSSR count). The van der Waals surface area contributed by atoms with Crippen LogP contribution in [-0.2, 0) is 0 Å². The Balaban J connectivity index is 1.67. The Labute approximate surface area is 139 Å². The summed E-state index contributed by atoms with van der Waals surface area (Å²) in [5.41, 5.74) is 5.94. The van der Waals surface area contributed by atoms with Crippen molar-refractivity contribution < 1.29 is 0 Å². The first-order chi connectivity index (χ1) is 11.1. The third-order valence-corrected chi connectivity index (χ3v) is 5.31. The number of rotatable bonds is 5. The Morgan fingerprint density at radius 2 is 1.96 bits per heavy atom. The number of likely N-dealkylation sites (tertiary alicyclic amines) is 1. The van der Waals surface area contributed by atoms with Gasteiger partial charge in [-0.15, -0.1) is 0 Å². The Hall–Kier alpha value is -1.56. The molecule has 0 aromatic carbocycles. The second-order valence-electron chi connectivity index (χ2n) is 6.76. The normalized spacial score (nSPS) is 22.9. The van der Waals surface area contributed by atoms with E-state index in [0.29, 0.717) is 12.0 Å². The van der Waals surface area contributed by atoms with Crippen molar-refractivity contribution in [3.63, 3.8) is 0 Å². The van der Waals surface area contributed by atoms with E-state index in [4.69, 9.17) is 5.73 Å². The van der Waals surface area contributed by atoms with E-state index in [0.717, 1.165) is 43.9 Å². The lowest BCUT2D eigenvalue weighted by molar-refractivity contribution is 0.0873. The molecular weight excluding hydrogens is 288 g/mol. The number of nitrogen functional groups attached to an aromatic ring is 1. The lowest BCUT2D eigenvalue weighted by Gasteiger charge is -2.49. The van der Waals surface area contributed by atoms with Crippen LogP contribution in [0.1, 0.15) is 40.0 Å².